The molecule has 2 aromatic carbocycles. The number of hydrogen-bond acceptors (Lipinski definition) is 2. The minimum atomic E-state index is 0.982. The Labute approximate surface area is 143 Å². The van der Waals surface area contributed by atoms with Crippen LogP contribution in [0.15, 0.2) is 48.5 Å². The van der Waals surface area contributed by atoms with E-state index in [1.165, 1.54) is 20.3 Å². The molecule has 0 spiro atoms. The van der Waals surface area contributed by atoms with E-state index in [2.05, 4.69) is 83.4 Å². The summed E-state index contributed by atoms with van der Waals surface area (Å²) in [5, 5.41) is 8.42. The molecule has 4 rings (SSSR count). The number of aryl methyl sites for hydroxylation is 1. The third-order valence-electron chi connectivity index (χ3n) is 4.03. The predicted molar refractivity (Wildman–Crippen MR) is 98.6 cm³/mol. The zero-order valence-corrected chi connectivity index (χ0v) is 14.5. The van der Waals surface area contributed by atoms with Crippen molar-refractivity contribution in [3.8, 4) is 16.9 Å². The van der Waals surface area contributed by atoms with Gasteiger partial charge < -0.3 is 5.32 Å². The number of nitrogens with zero attached hydrogens (tertiary/aromatic N) is 2. The Hall–Kier alpha value is -1.82. The van der Waals surface area contributed by atoms with Gasteiger partial charge in [-0.1, -0.05) is 30.3 Å². The van der Waals surface area contributed by atoms with E-state index < -0.39 is 0 Å². The van der Waals surface area contributed by atoms with Gasteiger partial charge in [0.1, 0.15) is 5.82 Å². The summed E-state index contributed by atoms with van der Waals surface area (Å²) in [6, 6.07) is 16.9. The maximum Gasteiger partial charge on any atom is 0.133 e. The van der Waals surface area contributed by atoms with Gasteiger partial charge >= 0.3 is 0 Å². The second-order valence-corrected chi connectivity index (χ2v) is 6.75. The quantitative estimate of drug-likeness (QED) is 0.645. The van der Waals surface area contributed by atoms with Gasteiger partial charge in [-0.2, -0.15) is 5.10 Å². The summed E-state index contributed by atoms with van der Waals surface area (Å²) >= 11 is 2.39. The van der Waals surface area contributed by atoms with Gasteiger partial charge in [0.25, 0.3) is 0 Å². The molecule has 1 aliphatic rings. The fourth-order valence-corrected chi connectivity index (χ4v) is 3.63. The summed E-state index contributed by atoms with van der Waals surface area (Å²) in [5.41, 5.74) is 6.00. The van der Waals surface area contributed by atoms with E-state index in [4.69, 9.17) is 5.10 Å². The Morgan fingerprint density at radius 1 is 1.14 bits per heavy atom. The first kappa shape index (κ1) is 13.8. The Morgan fingerprint density at radius 2 is 2.00 bits per heavy atom. The zero-order valence-electron chi connectivity index (χ0n) is 12.3. The second-order valence-electron chi connectivity index (χ2n) is 5.58. The van der Waals surface area contributed by atoms with Crippen LogP contribution in [0.25, 0.3) is 16.9 Å². The maximum atomic E-state index is 4.92. The lowest BCUT2D eigenvalue weighted by Gasteiger charge is -2.07. The van der Waals surface area contributed by atoms with Crippen molar-refractivity contribution in [2.75, 3.05) is 11.9 Å². The van der Waals surface area contributed by atoms with Crippen molar-refractivity contribution < 1.29 is 0 Å². The topological polar surface area (TPSA) is 29.9 Å². The number of halogens is 1. The molecule has 3 nitrogen and oxygen atoms in total. The van der Waals surface area contributed by atoms with E-state index >= 15 is 0 Å². The standard InChI is InChI=1S/C18H16IN3/c1-12-5-4-6-13(11-12)22-18-15(9-10-20-18)17(21-22)14-7-2-3-8-16(14)19/h2-8,11,20H,9-10H2,1H3. The fourth-order valence-electron chi connectivity index (χ4n) is 2.99. The molecular formula is C18H16IN3. The van der Waals surface area contributed by atoms with Crippen molar-refractivity contribution in [2.45, 2.75) is 13.3 Å². The molecule has 3 aromatic rings. The van der Waals surface area contributed by atoms with E-state index in [0.29, 0.717) is 0 Å². The fraction of sp³-hybridized carbons (Fsp3) is 0.167. The Bertz CT molecular complexity index is 851. The predicted octanol–water partition coefficient (Wildman–Crippen LogP) is 4.42. The minimum Gasteiger partial charge on any atom is -0.369 e. The molecule has 0 saturated heterocycles. The summed E-state index contributed by atoms with van der Waals surface area (Å²) in [7, 11) is 0. The molecule has 0 radical (unpaired) electrons. The van der Waals surface area contributed by atoms with Gasteiger partial charge in [0, 0.05) is 21.2 Å². The smallest absolute Gasteiger partial charge is 0.133 e. The first-order chi connectivity index (χ1) is 10.7. The molecule has 0 fully saturated rings. The minimum absolute atomic E-state index is 0.982. The van der Waals surface area contributed by atoms with E-state index in [9.17, 15) is 0 Å². The van der Waals surface area contributed by atoms with E-state index in [-0.39, 0.29) is 0 Å². The largest absolute Gasteiger partial charge is 0.369 e. The molecule has 22 heavy (non-hydrogen) atoms. The van der Waals surface area contributed by atoms with Crippen molar-refractivity contribution in [3.05, 3.63) is 63.2 Å². The highest BCUT2D eigenvalue weighted by Gasteiger charge is 2.24. The van der Waals surface area contributed by atoms with E-state index in [0.717, 1.165) is 30.2 Å². The Kier molecular flexibility index (Phi) is 3.41. The number of benzene rings is 2. The normalized spacial score (nSPS) is 13.0. The van der Waals surface area contributed by atoms with Crippen LogP contribution in [-0.2, 0) is 6.42 Å². The highest BCUT2D eigenvalue weighted by Crippen LogP contribution is 2.36. The monoisotopic (exact) mass is 401 g/mol. The Morgan fingerprint density at radius 3 is 2.82 bits per heavy atom. The molecule has 4 heteroatoms. The van der Waals surface area contributed by atoms with Crippen LogP contribution in [0.2, 0.25) is 0 Å². The highest BCUT2D eigenvalue weighted by molar-refractivity contribution is 14.1. The van der Waals surface area contributed by atoms with Crippen LogP contribution in [0.5, 0.6) is 0 Å². The van der Waals surface area contributed by atoms with Gasteiger partial charge in [-0.3, -0.25) is 0 Å². The number of rotatable bonds is 2. The number of aromatic nitrogens is 2. The summed E-state index contributed by atoms with van der Waals surface area (Å²) in [6.07, 6.45) is 1.03. The third kappa shape index (κ3) is 2.22. The van der Waals surface area contributed by atoms with Crippen molar-refractivity contribution >= 4 is 28.4 Å². The van der Waals surface area contributed by atoms with Crippen LogP contribution in [-0.4, -0.2) is 16.3 Å². The molecule has 0 unspecified atom stereocenters. The lowest BCUT2D eigenvalue weighted by atomic mass is 10.1. The molecule has 1 N–H and O–H groups in total. The van der Waals surface area contributed by atoms with Gasteiger partial charge in [-0.05, 0) is 59.7 Å². The Balaban J connectivity index is 1.93. The molecule has 1 aliphatic heterocycles. The molecule has 0 atom stereocenters. The van der Waals surface area contributed by atoms with Crippen LogP contribution in [0.3, 0.4) is 0 Å². The molecule has 0 amide bonds. The van der Waals surface area contributed by atoms with Gasteiger partial charge in [0.05, 0.1) is 11.4 Å². The van der Waals surface area contributed by atoms with Crippen molar-refractivity contribution in [1.29, 1.82) is 0 Å². The van der Waals surface area contributed by atoms with Crippen molar-refractivity contribution in [1.82, 2.24) is 9.78 Å². The number of anilines is 1. The van der Waals surface area contributed by atoms with Crippen LogP contribution in [0.1, 0.15) is 11.1 Å². The third-order valence-corrected chi connectivity index (χ3v) is 4.97. The highest BCUT2D eigenvalue weighted by atomic mass is 127. The van der Waals surface area contributed by atoms with E-state index in [1.54, 1.807) is 0 Å². The van der Waals surface area contributed by atoms with Gasteiger partial charge in [0.2, 0.25) is 0 Å². The lowest BCUT2D eigenvalue weighted by molar-refractivity contribution is 0.881. The summed E-state index contributed by atoms with van der Waals surface area (Å²) in [5.74, 6) is 1.14. The van der Waals surface area contributed by atoms with Crippen LogP contribution in [0, 0.1) is 10.5 Å². The molecule has 0 saturated carbocycles. The molecule has 0 bridgehead atoms. The summed E-state index contributed by atoms with van der Waals surface area (Å²) in [6.45, 7) is 3.09. The molecule has 110 valence electrons. The van der Waals surface area contributed by atoms with Crippen LogP contribution < -0.4 is 5.32 Å². The first-order valence-electron chi connectivity index (χ1n) is 7.42. The number of fused-ring (bicyclic) bond motifs is 1. The summed E-state index contributed by atoms with van der Waals surface area (Å²) in [4.78, 5) is 0. The lowest BCUT2D eigenvalue weighted by Crippen LogP contribution is -2.04. The molecule has 2 heterocycles. The van der Waals surface area contributed by atoms with Gasteiger partial charge in [-0.25, -0.2) is 4.68 Å². The van der Waals surface area contributed by atoms with Gasteiger partial charge in [0.15, 0.2) is 0 Å². The van der Waals surface area contributed by atoms with Crippen LogP contribution >= 0.6 is 22.6 Å². The molecular weight excluding hydrogens is 385 g/mol. The number of nitrogens with one attached hydrogen (secondary N) is 1. The van der Waals surface area contributed by atoms with Crippen LogP contribution in [0.4, 0.5) is 5.82 Å². The average molecular weight is 401 g/mol. The number of hydrogen-bond donors (Lipinski definition) is 1. The first-order valence-corrected chi connectivity index (χ1v) is 8.49. The zero-order chi connectivity index (χ0) is 15.1. The summed E-state index contributed by atoms with van der Waals surface area (Å²) < 4.78 is 3.29. The maximum absolute atomic E-state index is 4.92. The molecule has 1 aromatic heterocycles. The van der Waals surface area contributed by atoms with Gasteiger partial charge in [-0.15, -0.1) is 0 Å². The van der Waals surface area contributed by atoms with Crippen molar-refractivity contribution in [2.24, 2.45) is 0 Å². The van der Waals surface area contributed by atoms with E-state index in [1.807, 2.05) is 4.68 Å². The van der Waals surface area contributed by atoms with Crippen molar-refractivity contribution in [3.63, 3.8) is 0 Å². The second kappa shape index (κ2) is 5.43. The average Bonchev–Trinajstić information content (AvgIpc) is 3.10. The molecule has 0 aliphatic carbocycles. The SMILES string of the molecule is Cc1cccc(-n2nc(-c3ccccc3I)c3c2NCC3)c1.